The third kappa shape index (κ3) is 2.86. The van der Waals surface area contributed by atoms with Gasteiger partial charge in [0.1, 0.15) is 0 Å². The van der Waals surface area contributed by atoms with Crippen LogP contribution in [0.5, 0.6) is 0 Å². The van der Waals surface area contributed by atoms with Gasteiger partial charge < -0.3 is 5.32 Å². The van der Waals surface area contributed by atoms with Crippen molar-refractivity contribution in [1.82, 2.24) is 0 Å². The Kier molecular flexibility index (Phi) is 4.08. The van der Waals surface area contributed by atoms with Crippen molar-refractivity contribution >= 4 is 27.5 Å². The second-order valence-corrected chi connectivity index (χ2v) is 5.43. The van der Waals surface area contributed by atoms with E-state index in [1.165, 1.54) is 5.56 Å². The molecule has 0 spiro atoms. The maximum Gasteiger partial charge on any atom is 0.235 e. The van der Waals surface area contributed by atoms with Gasteiger partial charge in [-0.05, 0) is 29.7 Å². The minimum absolute atomic E-state index is 0.0594. The molecule has 1 N–H and O–H groups in total. The molecule has 0 fully saturated rings. The topological polar surface area (TPSA) is 29.1 Å². The van der Waals surface area contributed by atoms with Gasteiger partial charge in [0.05, 0.1) is 5.33 Å². The predicted octanol–water partition coefficient (Wildman–Crippen LogP) is 3.98. The number of rotatable bonds is 2. The number of hydrogen-bond acceptors (Lipinski definition) is 1. The second kappa shape index (κ2) is 6.15. The molecular formula is C18H14BrNO. The van der Waals surface area contributed by atoms with E-state index >= 15 is 0 Å². The van der Waals surface area contributed by atoms with Crippen LogP contribution in [0.15, 0.2) is 42.5 Å². The number of aryl methyl sites for hydroxylation is 1. The Morgan fingerprint density at radius 1 is 1.19 bits per heavy atom. The van der Waals surface area contributed by atoms with E-state index in [4.69, 9.17) is 0 Å². The first-order valence-electron chi connectivity index (χ1n) is 6.85. The van der Waals surface area contributed by atoms with Crippen LogP contribution in [-0.2, 0) is 11.2 Å². The molecule has 3 heteroatoms. The molecule has 0 saturated heterocycles. The molecule has 2 aromatic rings. The van der Waals surface area contributed by atoms with E-state index in [9.17, 15) is 4.79 Å². The lowest BCUT2D eigenvalue weighted by molar-refractivity contribution is -0.113. The average molecular weight is 340 g/mol. The number of carbonyl (C=O) groups is 1. The highest BCUT2D eigenvalue weighted by Crippen LogP contribution is 2.35. The maximum atomic E-state index is 11.7. The highest BCUT2D eigenvalue weighted by molar-refractivity contribution is 9.09. The molecule has 0 aliphatic heterocycles. The standard InChI is InChI=1S/C18H14BrNO/c19-12-17(21)20-16-11-5-9-14-8-2-1-6-13-7-3-4-10-15(13)18(14)16/h3-5,7,9-11H,1,6,12H2,(H,20,21). The van der Waals surface area contributed by atoms with Gasteiger partial charge in [-0.25, -0.2) is 0 Å². The van der Waals surface area contributed by atoms with Crippen LogP contribution >= 0.6 is 15.9 Å². The highest BCUT2D eigenvalue weighted by Gasteiger charge is 2.15. The molecule has 21 heavy (non-hydrogen) atoms. The summed E-state index contributed by atoms with van der Waals surface area (Å²) in [4.78, 5) is 11.7. The van der Waals surface area contributed by atoms with E-state index in [1.807, 2.05) is 30.3 Å². The van der Waals surface area contributed by atoms with E-state index in [-0.39, 0.29) is 11.2 Å². The Morgan fingerprint density at radius 3 is 2.90 bits per heavy atom. The van der Waals surface area contributed by atoms with Crippen LogP contribution in [0.25, 0.3) is 11.1 Å². The molecule has 1 amide bonds. The Balaban J connectivity index is 2.22. The van der Waals surface area contributed by atoms with Crippen LogP contribution in [0.4, 0.5) is 5.69 Å². The van der Waals surface area contributed by atoms with Crippen molar-refractivity contribution in [3.05, 3.63) is 53.6 Å². The zero-order valence-electron chi connectivity index (χ0n) is 11.4. The van der Waals surface area contributed by atoms with Crippen LogP contribution in [0.1, 0.15) is 17.5 Å². The summed E-state index contributed by atoms with van der Waals surface area (Å²) in [7, 11) is 0. The fraction of sp³-hybridized carbons (Fsp3) is 0.167. The van der Waals surface area contributed by atoms with Crippen molar-refractivity contribution in [1.29, 1.82) is 0 Å². The van der Waals surface area contributed by atoms with Crippen LogP contribution < -0.4 is 5.32 Å². The van der Waals surface area contributed by atoms with Crippen LogP contribution in [0.2, 0.25) is 0 Å². The average Bonchev–Trinajstić information content (AvgIpc) is 2.49. The molecule has 0 heterocycles. The van der Waals surface area contributed by atoms with E-state index in [1.54, 1.807) is 0 Å². The smallest absolute Gasteiger partial charge is 0.235 e. The third-order valence-electron chi connectivity index (χ3n) is 3.49. The fourth-order valence-corrected chi connectivity index (χ4v) is 2.71. The van der Waals surface area contributed by atoms with Gasteiger partial charge in [0, 0.05) is 23.2 Å². The maximum absolute atomic E-state index is 11.7. The summed E-state index contributed by atoms with van der Waals surface area (Å²) >= 11 is 3.19. The summed E-state index contributed by atoms with van der Waals surface area (Å²) in [5, 5.41) is 3.24. The molecule has 0 aromatic heterocycles. The van der Waals surface area contributed by atoms with Gasteiger partial charge >= 0.3 is 0 Å². The molecule has 0 saturated carbocycles. The summed E-state index contributed by atoms with van der Waals surface area (Å²) in [6.45, 7) is 0. The molecule has 2 aromatic carbocycles. The van der Waals surface area contributed by atoms with E-state index < -0.39 is 0 Å². The lowest BCUT2D eigenvalue weighted by atomic mass is 9.90. The van der Waals surface area contributed by atoms with Gasteiger partial charge in [-0.3, -0.25) is 4.79 Å². The summed E-state index contributed by atoms with van der Waals surface area (Å²) < 4.78 is 0. The van der Waals surface area contributed by atoms with Gasteiger partial charge in [0.25, 0.3) is 0 Å². The van der Waals surface area contributed by atoms with Crippen molar-refractivity contribution < 1.29 is 4.79 Å². The molecule has 104 valence electrons. The van der Waals surface area contributed by atoms with Crippen molar-refractivity contribution in [2.45, 2.75) is 12.8 Å². The highest BCUT2D eigenvalue weighted by atomic mass is 79.9. The minimum atomic E-state index is -0.0594. The molecule has 3 rings (SSSR count). The number of amides is 1. The minimum Gasteiger partial charge on any atom is -0.325 e. The third-order valence-corrected chi connectivity index (χ3v) is 4.00. The molecule has 0 radical (unpaired) electrons. The quantitative estimate of drug-likeness (QED) is 0.650. The Hall–Kier alpha value is -2.05. The summed E-state index contributed by atoms with van der Waals surface area (Å²) in [6, 6.07) is 14.2. The monoisotopic (exact) mass is 339 g/mol. The first kappa shape index (κ1) is 13.9. The van der Waals surface area contributed by atoms with E-state index in [2.05, 4.69) is 45.2 Å². The Bertz CT molecular complexity index is 755. The Labute approximate surface area is 132 Å². The van der Waals surface area contributed by atoms with Crippen molar-refractivity contribution in [3.8, 4) is 23.0 Å². The number of halogens is 1. The first-order valence-corrected chi connectivity index (χ1v) is 7.97. The number of hydrogen-bond donors (Lipinski definition) is 1. The molecule has 1 aliphatic rings. The zero-order chi connectivity index (χ0) is 14.7. The SMILES string of the molecule is O=C(CBr)Nc1cccc2c1-c1ccccc1CCC#C2. The van der Waals surface area contributed by atoms with Crippen molar-refractivity contribution in [3.63, 3.8) is 0 Å². The molecular weight excluding hydrogens is 326 g/mol. The van der Waals surface area contributed by atoms with E-state index in [0.29, 0.717) is 0 Å². The lowest BCUT2D eigenvalue weighted by Crippen LogP contribution is -2.13. The Morgan fingerprint density at radius 2 is 2.05 bits per heavy atom. The largest absolute Gasteiger partial charge is 0.325 e. The molecule has 0 atom stereocenters. The summed E-state index contributed by atoms with van der Waals surface area (Å²) in [5.74, 6) is 6.37. The van der Waals surface area contributed by atoms with Gasteiger partial charge in [0.15, 0.2) is 0 Å². The predicted molar refractivity (Wildman–Crippen MR) is 89.5 cm³/mol. The number of benzene rings is 2. The number of alkyl halides is 1. The normalized spacial score (nSPS) is 12.0. The first-order chi connectivity index (χ1) is 10.3. The van der Waals surface area contributed by atoms with Crippen molar-refractivity contribution in [2.75, 3.05) is 10.6 Å². The van der Waals surface area contributed by atoms with Crippen LogP contribution in [-0.4, -0.2) is 11.2 Å². The van der Waals surface area contributed by atoms with Crippen LogP contribution in [0, 0.1) is 11.8 Å². The molecule has 1 aliphatic carbocycles. The molecule has 0 bridgehead atoms. The number of anilines is 1. The van der Waals surface area contributed by atoms with Gasteiger partial charge in [-0.1, -0.05) is 58.1 Å². The van der Waals surface area contributed by atoms with Gasteiger partial charge in [-0.15, -0.1) is 0 Å². The summed E-state index contributed by atoms with van der Waals surface area (Å²) in [5.41, 5.74) is 5.24. The van der Waals surface area contributed by atoms with Crippen molar-refractivity contribution in [2.24, 2.45) is 0 Å². The van der Waals surface area contributed by atoms with Gasteiger partial charge in [0.2, 0.25) is 5.91 Å². The number of nitrogens with one attached hydrogen (secondary N) is 1. The molecule has 0 unspecified atom stereocenters. The second-order valence-electron chi connectivity index (χ2n) is 4.87. The van der Waals surface area contributed by atoms with E-state index in [0.717, 1.165) is 35.2 Å². The molecule has 2 nitrogen and oxygen atoms in total. The van der Waals surface area contributed by atoms with Crippen LogP contribution in [0.3, 0.4) is 0 Å². The fourth-order valence-electron chi connectivity index (χ4n) is 2.57. The lowest BCUT2D eigenvalue weighted by Gasteiger charge is -2.17. The summed E-state index contributed by atoms with van der Waals surface area (Å²) in [6.07, 6.45) is 1.79. The van der Waals surface area contributed by atoms with Gasteiger partial charge in [-0.2, -0.15) is 0 Å². The number of carbonyl (C=O) groups excluding carboxylic acids is 1. The number of fused-ring (bicyclic) bond motifs is 3. The zero-order valence-corrected chi connectivity index (χ0v) is 13.0.